The lowest BCUT2D eigenvalue weighted by atomic mass is 9.74. The lowest BCUT2D eigenvalue weighted by molar-refractivity contribution is -0.195. The Bertz CT molecular complexity index is 628. The number of rotatable bonds is 7. The van der Waals surface area contributed by atoms with Crippen molar-refractivity contribution in [2.75, 3.05) is 6.26 Å². The highest BCUT2D eigenvalue weighted by molar-refractivity contribution is 7.99. The number of esters is 1. The number of ether oxygens (including phenoxy) is 2. The Labute approximate surface area is 194 Å². The summed E-state index contributed by atoms with van der Waals surface area (Å²) in [5.74, 6) is 1.22. The van der Waals surface area contributed by atoms with Crippen LogP contribution in [-0.2, 0) is 19.1 Å². The van der Waals surface area contributed by atoms with Crippen LogP contribution in [0.15, 0.2) is 12.2 Å². The van der Waals surface area contributed by atoms with Gasteiger partial charge in [0.1, 0.15) is 5.60 Å². The quantitative estimate of drug-likeness (QED) is 0.339. The van der Waals surface area contributed by atoms with Crippen molar-refractivity contribution in [1.82, 2.24) is 0 Å². The summed E-state index contributed by atoms with van der Waals surface area (Å²) in [7, 11) is 0. The normalized spacial score (nSPS) is 32.8. The molecule has 4 nitrogen and oxygen atoms in total. The summed E-state index contributed by atoms with van der Waals surface area (Å²) in [6.45, 7) is 13.6. The summed E-state index contributed by atoms with van der Waals surface area (Å²) in [6.07, 6.45) is 12.5. The number of hydrogen-bond donors (Lipinski definition) is 0. The van der Waals surface area contributed by atoms with Crippen molar-refractivity contribution in [1.29, 1.82) is 0 Å². The van der Waals surface area contributed by atoms with Gasteiger partial charge < -0.3 is 9.47 Å². The summed E-state index contributed by atoms with van der Waals surface area (Å²) >= 11 is 1.93. The monoisotopic (exact) mass is 452 g/mol. The average Bonchev–Trinajstić information content (AvgIpc) is 2.67. The molecule has 178 valence electrons. The topological polar surface area (TPSA) is 52.6 Å². The maximum Gasteiger partial charge on any atom is 0.338 e. The molecule has 0 saturated heterocycles. The predicted molar refractivity (Wildman–Crippen MR) is 129 cm³/mol. The zero-order valence-corrected chi connectivity index (χ0v) is 21.7. The average molecular weight is 453 g/mol. The smallest absolute Gasteiger partial charge is 0.338 e. The first-order chi connectivity index (χ1) is 14.3. The first-order valence-corrected chi connectivity index (χ1v) is 13.3. The first kappa shape index (κ1) is 26.4. The second kappa shape index (κ2) is 10.9. The van der Waals surface area contributed by atoms with Crippen LogP contribution in [0.5, 0.6) is 0 Å². The van der Waals surface area contributed by atoms with E-state index in [0.717, 1.165) is 43.8 Å². The van der Waals surface area contributed by atoms with Gasteiger partial charge in [0.25, 0.3) is 0 Å². The van der Waals surface area contributed by atoms with Crippen LogP contribution in [0.1, 0.15) is 87.0 Å². The standard InChI is InChI=1S/C26H44O4S/c1-17-15-19(9-14-22(27)20-10-12-21(31-8)13-11-20)16-18(2)23(17)29-26(6,7)24(28)30-25(3,4)5/h9,14,17-21,23H,10-13,15-16H2,1-8H3/b14-9+. The van der Waals surface area contributed by atoms with Crippen molar-refractivity contribution >= 4 is 23.5 Å². The zero-order chi connectivity index (χ0) is 23.4. The summed E-state index contributed by atoms with van der Waals surface area (Å²) in [5.41, 5.74) is -1.51. The molecule has 2 atom stereocenters. The van der Waals surface area contributed by atoms with Crippen LogP contribution < -0.4 is 0 Å². The molecule has 2 rings (SSSR count). The van der Waals surface area contributed by atoms with E-state index in [1.165, 1.54) is 0 Å². The number of hydrogen-bond acceptors (Lipinski definition) is 5. The summed E-state index contributed by atoms with van der Waals surface area (Å²) in [4.78, 5) is 25.3. The van der Waals surface area contributed by atoms with Gasteiger partial charge in [-0.05, 0) is 103 Å². The SMILES string of the molecule is CSC1CCC(C(=O)/C=C/C2CC(C)C(OC(C)(C)C(=O)OC(C)(C)C)C(C)C2)CC1. The summed E-state index contributed by atoms with van der Waals surface area (Å²) in [5, 5.41) is 0.731. The third-order valence-electron chi connectivity index (χ3n) is 6.73. The van der Waals surface area contributed by atoms with Gasteiger partial charge in [-0.3, -0.25) is 4.79 Å². The Kier molecular flexibility index (Phi) is 9.27. The fourth-order valence-corrected chi connectivity index (χ4v) is 5.75. The van der Waals surface area contributed by atoms with Crippen LogP contribution >= 0.6 is 11.8 Å². The Hall–Kier alpha value is -0.810. The van der Waals surface area contributed by atoms with Gasteiger partial charge in [0.2, 0.25) is 0 Å². The maximum atomic E-state index is 12.7. The van der Waals surface area contributed by atoms with Gasteiger partial charge in [-0.25, -0.2) is 4.79 Å². The van der Waals surface area contributed by atoms with Crippen LogP contribution in [-0.4, -0.2) is 40.6 Å². The molecule has 0 spiro atoms. The number of carbonyl (C=O) groups is 2. The molecule has 31 heavy (non-hydrogen) atoms. The minimum Gasteiger partial charge on any atom is -0.458 e. The zero-order valence-electron chi connectivity index (χ0n) is 20.9. The van der Waals surface area contributed by atoms with Crippen molar-refractivity contribution in [3.05, 3.63) is 12.2 Å². The van der Waals surface area contributed by atoms with E-state index >= 15 is 0 Å². The number of carbonyl (C=O) groups excluding carboxylic acids is 2. The van der Waals surface area contributed by atoms with E-state index in [2.05, 4.69) is 26.2 Å². The van der Waals surface area contributed by atoms with Gasteiger partial charge in [-0.2, -0.15) is 11.8 Å². The Morgan fingerprint density at radius 3 is 1.97 bits per heavy atom. The van der Waals surface area contributed by atoms with Gasteiger partial charge in [0, 0.05) is 11.2 Å². The number of thioether (sulfide) groups is 1. The molecular formula is C26H44O4S. The van der Waals surface area contributed by atoms with Gasteiger partial charge in [0.15, 0.2) is 11.4 Å². The van der Waals surface area contributed by atoms with E-state index < -0.39 is 11.2 Å². The molecule has 0 amide bonds. The van der Waals surface area contributed by atoms with Gasteiger partial charge in [-0.1, -0.05) is 19.9 Å². The Morgan fingerprint density at radius 1 is 0.935 bits per heavy atom. The fraction of sp³-hybridized carbons (Fsp3) is 0.846. The van der Waals surface area contributed by atoms with Crippen LogP contribution in [0.2, 0.25) is 0 Å². The van der Waals surface area contributed by atoms with Crippen LogP contribution in [0.25, 0.3) is 0 Å². The molecule has 5 heteroatoms. The van der Waals surface area contributed by atoms with Crippen LogP contribution in [0.3, 0.4) is 0 Å². The molecule has 0 N–H and O–H groups in total. The van der Waals surface area contributed by atoms with E-state index in [0.29, 0.717) is 23.5 Å². The summed E-state index contributed by atoms with van der Waals surface area (Å²) in [6, 6.07) is 0. The lowest BCUT2D eigenvalue weighted by Gasteiger charge is -2.42. The molecule has 2 saturated carbocycles. The summed E-state index contributed by atoms with van der Waals surface area (Å²) < 4.78 is 11.9. The molecule has 2 unspecified atom stereocenters. The third-order valence-corrected chi connectivity index (χ3v) is 7.87. The third kappa shape index (κ3) is 7.92. The van der Waals surface area contributed by atoms with Gasteiger partial charge >= 0.3 is 5.97 Å². The molecule has 2 fully saturated rings. The van der Waals surface area contributed by atoms with Crippen LogP contribution in [0, 0.1) is 23.7 Å². The van der Waals surface area contributed by atoms with E-state index in [-0.39, 0.29) is 18.0 Å². The van der Waals surface area contributed by atoms with Gasteiger partial charge in [-0.15, -0.1) is 0 Å². The van der Waals surface area contributed by atoms with E-state index in [1.807, 2.05) is 38.6 Å². The number of ketones is 1. The van der Waals surface area contributed by atoms with E-state index in [1.54, 1.807) is 13.8 Å². The molecule has 0 heterocycles. The molecule has 0 aromatic heterocycles. The minimum absolute atomic E-state index is 0.00434. The van der Waals surface area contributed by atoms with Crippen molar-refractivity contribution in [3.8, 4) is 0 Å². The molecule has 0 bridgehead atoms. The molecule has 2 aliphatic rings. The molecule has 0 aromatic rings. The molecule has 0 aliphatic heterocycles. The van der Waals surface area contributed by atoms with Crippen molar-refractivity contribution in [2.45, 2.75) is 110 Å². The highest BCUT2D eigenvalue weighted by Crippen LogP contribution is 2.38. The Balaban J connectivity index is 1.90. The Morgan fingerprint density at radius 2 is 1.48 bits per heavy atom. The van der Waals surface area contributed by atoms with Gasteiger partial charge in [0.05, 0.1) is 6.10 Å². The second-order valence-corrected chi connectivity index (χ2v) is 12.4. The van der Waals surface area contributed by atoms with Crippen molar-refractivity contribution in [3.63, 3.8) is 0 Å². The highest BCUT2D eigenvalue weighted by Gasteiger charge is 2.41. The highest BCUT2D eigenvalue weighted by atomic mass is 32.2. The number of allylic oxidation sites excluding steroid dienone is 2. The lowest BCUT2D eigenvalue weighted by Crippen LogP contribution is -2.47. The van der Waals surface area contributed by atoms with Crippen molar-refractivity contribution in [2.24, 2.45) is 23.7 Å². The predicted octanol–water partition coefficient (Wildman–Crippen LogP) is 6.22. The first-order valence-electron chi connectivity index (χ1n) is 12.0. The molecular weight excluding hydrogens is 408 g/mol. The largest absolute Gasteiger partial charge is 0.458 e. The molecule has 2 aliphatic carbocycles. The van der Waals surface area contributed by atoms with Crippen LogP contribution in [0.4, 0.5) is 0 Å². The molecule has 0 aromatic carbocycles. The minimum atomic E-state index is -0.977. The molecule has 0 radical (unpaired) electrons. The van der Waals surface area contributed by atoms with E-state index in [4.69, 9.17) is 9.47 Å². The van der Waals surface area contributed by atoms with Crippen molar-refractivity contribution < 1.29 is 19.1 Å². The fourth-order valence-electron chi connectivity index (χ4n) is 5.01. The van der Waals surface area contributed by atoms with E-state index in [9.17, 15) is 9.59 Å². The second-order valence-electron chi connectivity index (χ2n) is 11.3. The maximum absolute atomic E-state index is 12.7.